The van der Waals surface area contributed by atoms with Gasteiger partial charge >= 0.3 is 0 Å². The van der Waals surface area contributed by atoms with Crippen LogP contribution in [0.3, 0.4) is 0 Å². The molecule has 17 heavy (non-hydrogen) atoms. The van der Waals surface area contributed by atoms with Crippen LogP contribution >= 0.6 is 12.4 Å². The molecule has 0 unspecified atom stereocenters. The number of rotatable bonds is 7. The second kappa shape index (κ2) is 9.28. The van der Waals surface area contributed by atoms with Crippen molar-refractivity contribution < 1.29 is 4.74 Å². The second-order valence-electron chi connectivity index (χ2n) is 3.81. The van der Waals surface area contributed by atoms with Crippen molar-refractivity contribution in [2.45, 2.75) is 20.4 Å². The zero-order valence-electron chi connectivity index (χ0n) is 10.7. The van der Waals surface area contributed by atoms with Crippen LogP contribution in [0.5, 0.6) is 0 Å². The standard InChI is InChI=1S/C13H22N2O.ClH/c1-3-15(8-9-16-4-2)11-12-6-5-7-13(14)10-12;/h5-7,10H,3-4,8-9,11,14H2,1-2H3;1H. The number of hydrogen-bond donors (Lipinski definition) is 1. The average molecular weight is 259 g/mol. The summed E-state index contributed by atoms with van der Waals surface area (Å²) in [5.41, 5.74) is 7.85. The van der Waals surface area contributed by atoms with E-state index >= 15 is 0 Å². The number of nitrogen functional groups attached to an aromatic ring is 1. The fourth-order valence-electron chi connectivity index (χ4n) is 1.64. The Hall–Kier alpha value is -0.770. The van der Waals surface area contributed by atoms with Crippen molar-refractivity contribution >= 4 is 18.1 Å². The normalized spacial score (nSPS) is 10.3. The molecule has 4 heteroatoms. The van der Waals surface area contributed by atoms with Gasteiger partial charge in [0.25, 0.3) is 0 Å². The first-order valence-electron chi connectivity index (χ1n) is 5.90. The zero-order chi connectivity index (χ0) is 11.8. The lowest BCUT2D eigenvalue weighted by molar-refractivity contribution is 0.113. The van der Waals surface area contributed by atoms with E-state index in [2.05, 4.69) is 17.9 Å². The number of anilines is 1. The Morgan fingerprint density at radius 2 is 2.06 bits per heavy atom. The van der Waals surface area contributed by atoms with Crippen molar-refractivity contribution in [2.75, 3.05) is 32.0 Å². The first-order valence-corrected chi connectivity index (χ1v) is 5.90. The highest BCUT2D eigenvalue weighted by molar-refractivity contribution is 5.85. The Morgan fingerprint density at radius 1 is 1.29 bits per heavy atom. The highest BCUT2D eigenvalue weighted by atomic mass is 35.5. The summed E-state index contributed by atoms with van der Waals surface area (Å²) < 4.78 is 5.36. The molecular formula is C13H23ClN2O. The third kappa shape index (κ3) is 6.51. The number of benzene rings is 1. The van der Waals surface area contributed by atoms with Crippen LogP contribution in [0.25, 0.3) is 0 Å². The molecule has 0 aliphatic heterocycles. The van der Waals surface area contributed by atoms with Crippen molar-refractivity contribution in [2.24, 2.45) is 0 Å². The van der Waals surface area contributed by atoms with Gasteiger partial charge in [-0.3, -0.25) is 4.90 Å². The van der Waals surface area contributed by atoms with E-state index in [4.69, 9.17) is 10.5 Å². The highest BCUT2D eigenvalue weighted by Crippen LogP contribution is 2.09. The fourth-order valence-corrected chi connectivity index (χ4v) is 1.64. The van der Waals surface area contributed by atoms with Crippen LogP contribution in [0.1, 0.15) is 19.4 Å². The van der Waals surface area contributed by atoms with Crippen molar-refractivity contribution in [3.05, 3.63) is 29.8 Å². The van der Waals surface area contributed by atoms with Gasteiger partial charge in [0.15, 0.2) is 0 Å². The number of halogens is 1. The second-order valence-corrected chi connectivity index (χ2v) is 3.81. The molecule has 1 aromatic rings. The largest absolute Gasteiger partial charge is 0.399 e. The molecule has 0 spiro atoms. The fraction of sp³-hybridized carbons (Fsp3) is 0.538. The minimum absolute atomic E-state index is 0. The van der Waals surface area contributed by atoms with E-state index in [1.54, 1.807) is 0 Å². The predicted octanol–water partition coefficient (Wildman–Crippen LogP) is 2.55. The number of likely N-dealkylation sites (N-methyl/N-ethyl adjacent to an activating group) is 1. The maximum atomic E-state index is 5.75. The molecule has 1 rings (SSSR count). The topological polar surface area (TPSA) is 38.5 Å². The smallest absolute Gasteiger partial charge is 0.0593 e. The third-order valence-electron chi connectivity index (χ3n) is 2.56. The van der Waals surface area contributed by atoms with Crippen LogP contribution in [-0.4, -0.2) is 31.2 Å². The maximum Gasteiger partial charge on any atom is 0.0593 e. The van der Waals surface area contributed by atoms with E-state index in [1.807, 2.05) is 25.1 Å². The number of hydrogen-bond acceptors (Lipinski definition) is 3. The van der Waals surface area contributed by atoms with Crippen LogP contribution in [0, 0.1) is 0 Å². The van der Waals surface area contributed by atoms with Gasteiger partial charge in [0.05, 0.1) is 6.61 Å². The summed E-state index contributed by atoms with van der Waals surface area (Å²) in [6.45, 7) is 8.71. The Labute approximate surface area is 110 Å². The SMILES string of the molecule is CCOCCN(CC)Cc1cccc(N)c1.Cl. The van der Waals surface area contributed by atoms with Gasteiger partial charge in [0.2, 0.25) is 0 Å². The molecule has 0 bridgehead atoms. The van der Waals surface area contributed by atoms with Crippen LogP contribution in [-0.2, 0) is 11.3 Å². The lowest BCUT2D eigenvalue weighted by Crippen LogP contribution is -2.27. The molecule has 0 saturated heterocycles. The molecule has 0 radical (unpaired) electrons. The molecule has 0 aromatic heterocycles. The summed E-state index contributed by atoms with van der Waals surface area (Å²) in [7, 11) is 0. The van der Waals surface area contributed by atoms with Crippen molar-refractivity contribution in [3.63, 3.8) is 0 Å². The summed E-state index contributed by atoms with van der Waals surface area (Å²) in [6.07, 6.45) is 0. The van der Waals surface area contributed by atoms with E-state index in [0.29, 0.717) is 0 Å². The van der Waals surface area contributed by atoms with Gasteiger partial charge in [-0.1, -0.05) is 19.1 Å². The third-order valence-corrected chi connectivity index (χ3v) is 2.56. The van der Waals surface area contributed by atoms with Gasteiger partial charge in [-0.2, -0.15) is 0 Å². The molecule has 0 heterocycles. The van der Waals surface area contributed by atoms with Crippen LogP contribution in [0.15, 0.2) is 24.3 Å². The number of ether oxygens (including phenoxy) is 1. The lowest BCUT2D eigenvalue weighted by Gasteiger charge is -2.20. The summed E-state index contributed by atoms with van der Waals surface area (Å²) in [4.78, 5) is 2.35. The zero-order valence-corrected chi connectivity index (χ0v) is 11.5. The first-order chi connectivity index (χ1) is 7.76. The molecule has 3 nitrogen and oxygen atoms in total. The van der Waals surface area contributed by atoms with Crippen molar-refractivity contribution in [1.82, 2.24) is 4.90 Å². The Balaban J connectivity index is 0.00000256. The van der Waals surface area contributed by atoms with Gasteiger partial charge in [0.1, 0.15) is 0 Å². The number of nitrogens with zero attached hydrogens (tertiary/aromatic N) is 1. The quantitative estimate of drug-likeness (QED) is 0.603. The molecule has 0 amide bonds. The monoisotopic (exact) mass is 258 g/mol. The van der Waals surface area contributed by atoms with Crippen LogP contribution < -0.4 is 5.73 Å². The molecule has 1 aromatic carbocycles. The van der Waals surface area contributed by atoms with E-state index in [9.17, 15) is 0 Å². The average Bonchev–Trinajstić information content (AvgIpc) is 2.28. The Morgan fingerprint density at radius 3 is 2.65 bits per heavy atom. The van der Waals surface area contributed by atoms with Gasteiger partial charge in [-0.25, -0.2) is 0 Å². The molecule has 0 saturated carbocycles. The molecule has 2 N–H and O–H groups in total. The Bertz CT molecular complexity index is 307. The minimum atomic E-state index is 0. The lowest BCUT2D eigenvalue weighted by atomic mass is 10.2. The summed E-state index contributed by atoms with van der Waals surface area (Å²) >= 11 is 0. The molecule has 0 aliphatic rings. The molecule has 98 valence electrons. The Kier molecular flexibility index (Phi) is 8.86. The van der Waals surface area contributed by atoms with Crippen LogP contribution in [0.2, 0.25) is 0 Å². The summed E-state index contributed by atoms with van der Waals surface area (Å²) in [5, 5.41) is 0. The van der Waals surface area contributed by atoms with Gasteiger partial charge in [0, 0.05) is 25.4 Å². The maximum absolute atomic E-state index is 5.75. The van der Waals surface area contributed by atoms with E-state index in [1.165, 1.54) is 5.56 Å². The van der Waals surface area contributed by atoms with Gasteiger partial charge in [-0.15, -0.1) is 12.4 Å². The molecule has 0 fully saturated rings. The van der Waals surface area contributed by atoms with Gasteiger partial charge < -0.3 is 10.5 Å². The van der Waals surface area contributed by atoms with E-state index < -0.39 is 0 Å². The van der Waals surface area contributed by atoms with Crippen LogP contribution in [0.4, 0.5) is 5.69 Å². The highest BCUT2D eigenvalue weighted by Gasteiger charge is 2.03. The number of nitrogens with two attached hydrogens (primary N) is 1. The van der Waals surface area contributed by atoms with Crippen molar-refractivity contribution in [3.8, 4) is 0 Å². The first kappa shape index (κ1) is 16.2. The summed E-state index contributed by atoms with van der Waals surface area (Å²) in [6, 6.07) is 8.06. The molecular weight excluding hydrogens is 236 g/mol. The van der Waals surface area contributed by atoms with Crippen molar-refractivity contribution in [1.29, 1.82) is 0 Å². The molecule has 0 aliphatic carbocycles. The van der Waals surface area contributed by atoms with Gasteiger partial charge in [-0.05, 0) is 31.2 Å². The summed E-state index contributed by atoms with van der Waals surface area (Å²) in [5.74, 6) is 0. The van der Waals surface area contributed by atoms with E-state index in [0.717, 1.165) is 38.5 Å². The molecule has 0 atom stereocenters. The minimum Gasteiger partial charge on any atom is -0.399 e. The predicted molar refractivity (Wildman–Crippen MR) is 75.5 cm³/mol. The van der Waals surface area contributed by atoms with E-state index in [-0.39, 0.29) is 12.4 Å².